The van der Waals surface area contributed by atoms with Crippen molar-refractivity contribution in [2.45, 2.75) is 14.7 Å². The fourth-order valence-corrected chi connectivity index (χ4v) is 5.52. The van der Waals surface area contributed by atoms with Gasteiger partial charge in [0.2, 0.25) is 20.0 Å². The number of hydrogen-bond donors (Lipinski definition) is 3. The van der Waals surface area contributed by atoms with Crippen LogP contribution in [0.2, 0.25) is 10.0 Å². The number of nitrogens with two attached hydrogens (primary N) is 2. The van der Waals surface area contributed by atoms with E-state index >= 15 is 0 Å². The summed E-state index contributed by atoms with van der Waals surface area (Å²) in [5, 5.41) is 19.1. The second kappa shape index (κ2) is 7.67. The van der Waals surface area contributed by atoms with Crippen LogP contribution < -0.4 is 15.0 Å². The zero-order valence-corrected chi connectivity index (χ0v) is 17.7. The summed E-state index contributed by atoms with van der Waals surface area (Å²) in [5.41, 5.74) is -1.22. The molecule has 5 N–H and O–H groups in total. The van der Waals surface area contributed by atoms with Gasteiger partial charge in [-0.2, -0.15) is 0 Å². The van der Waals surface area contributed by atoms with E-state index in [0.717, 1.165) is 24.3 Å². The van der Waals surface area contributed by atoms with Crippen molar-refractivity contribution in [3.8, 4) is 0 Å². The molecule has 0 aliphatic carbocycles. The molecule has 0 radical (unpaired) electrons. The Hall–Kier alpha value is -2.01. The summed E-state index contributed by atoms with van der Waals surface area (Å²) in [5.74, 6) is 0. The summed E-state index contributed by atoms with van der Waals surface area (Å²) in [6, 6.07) is 4.00. The number of primary sulfonamides is 2. The van der Waals surface area contributed by atoms with Crippen molar-refractivity contribution in [2.24, 2.45) is 10.3 Å². The number of nitro benzene ring substituents is 1. The van der Waals surface area contributed by atoms with E-state index in [4.69, 9.17) is 33.5 Å². The van der Waals surface area contributed by atoms with Crippen LogP contribution >= 0.6 is 23.2 Å². The Morgan fingerprint density at radius 3 is 1.76 bits per heavy atom. The molecule has 0 saturated carbocycles. The summed E-state index contributed by atoms with van der Waals surface area (Å²) < 4.78 is 73.9. The van der Waals surface area contributed by atoms with Gasteiger partial charge in [-0.25, -0.2) is 35.5 Å². The average molecular weight is 505 g/mol. The topological polar surface area (TPSA) is 210 Å². The quantitative estimate of drug-likeness (QED) is 0.380. The van der Waals surface area contributed by atoms with Crippen molar-refractivity contribution < 1.29 is 30.2 Å². The molecule has 2 rings (SSSR count). The normalized spacial score (nSPS) is 12.6. The molecular weight excluding hydrogens is 495 g/mol. The van der Waals surface area contributed by atoms with Crippen molar-refractivity contribution >= 4 is 64.6 Å². The number of nitro groups is 1. The van der Waals surface area contributed by atoms with E-state index in [1.165, 1.54) is 0 Å². The monoisotopic (exact) mass is 504 g/mol. The van der Waals surface area contributed by atoms with Crippen molar-refractivity contribution in [2.75, 3.05) is 4.72 Å². The van der Waals surface area contributed by atoms with Crippen LogP contribution in [0.4, 0.5) is 11.4 Å². The molecule has 0 fully saturated rings. The van der Waals surface area contributed by atoms with Gasteiger partial charge >= 0.3 is 0 Å². The van der Waals surface area contributed by atoms with E-state index < -0.39 is 71.1 Å². The summed E-state index contributed by atoms with van der Waals surface area (Å²) in [7, 11) is -13.8. The SMILES string of the molecule is NS(=O)(=O)c1cc(S(N)(=O)=O)c(NS(=O)(=O)c2ccc([N+](=O)[O-])cc2)c(Cl)c1Cl. The molecule has 0 spiro atoms. The van der Waals surface area contributed by atoms with Gasteiger partial charge in [-0.3, -0.25) is 14.8 Å². The maximum absolute atomic E-state index is 12.5. The first-order valence-electron chi connectivity index (χ1n) is 6.90. The molecule has 0 bridgehead atoms. The molecule has 0 saturated heterocycles. The molecule has 0 aliphatic heterocycles. The second-order valence-corrected chi connectivity index (χ2v) is 10.8. The first kappa shape index (κ1) is 23.3. The molecule has 2 aromatic rings. The molecule has 0 aliphatic rings. The Balaban J connectivity index is 2.71. The predicted octanol–water partition coefficient (Wildman–Crippen LogP) is 0.997. The molecule has 2 aromatic carbocycles. The molecule has 0 heterocycles. The highest BCUT2D eigenvalue weighted by molar-refractivity contribution is 7.93. The first-order valence-corrected chi connectivity index (χ1v) is 12.2. The largest absolute Gasteiger partial charge is 0.277 e. The number of benzene rings is 2. The number of nitrogens with one attached hydrogen (secondary N) is 1. The van der Waals surface area contributed by atoms with Gasteiger partial charge in [-0.05, 0) is 18.2 Å². The number of non-ortho nitro benzene ring substituents is 1. The molecule has 29 heavy (non-hydrogen) atoms. The third-order valence-electron chi connectivity index (χ3n) is 3.34. The van der Waals surface area contributed by atoms with Gasteiger partial charge in [0.1, 0.15) is 9.79 Å². The van der Waals surface area contributed by atoms with Crippen LogP contribution in [0.25, 0.3) is 0 Å². The van der Waals surface area contributed by atoms with Gasteiger partial charge in [0.25, 0.3) is 15.7 Å². The minimum Gasteiger partial charge on any atom is -0.277 e. The van der Waals surface area contributed by atoms with Gasteiger partial charge in [-0.1, -0.05) is 23.2 Å². The van der Waals surface area contributed by atoms with Gasteiger partial charge in [0.15, 0.2) is 0 Å². The number of nitrogens with zero attached hydrogens (tertiary/aromatic N) is 1. The highest BCUT2D eigenvalue weighted by Gasteiger charge is 2.29. The molecule has 0 amide bonds. The van der Waals surface area contributed by atoms with Crippen LogP contribution in [-0.4, -0.2) is 30.2 Å². The minimum atomic E-state index is -4.71. The first-order chi connectivity index (χ1) is 13.1. The standard InChI is InChI=1S/C12H10Cl2N4O8S3/c13-10-8(27(15,21)22)5-9(28(16,23)24)12(11(10)14)17-29(25,26)7-3-1-6(2-4-7)18(19)20/h1-5,17H,(H2,15,21,22)(H2,16,23,24). The minimum absolute atomic E-state index is 0.396. The molecule has 17 heteroatoms. The zero-order chi connectivity index (χ0) is 22.4. The van der Waals surface area contributed by atoms with E-state index in [2.05, 4.69) is 0 Å². The summed E-state index contributed by atoms with van der Waals surface area (Å²) in [4.78, 5) is 7.51. The van der Waals surface area contributed by atoms with Crippen LogP contribution in [0, 0.1) is 10.1 Å². The lowest BCUT2D eigenvalue weighted by molar-refractivity contribution is -0.384. The Morgan fingerprint density at radius 2 is 1.34 bits per heavy atom. The average Bonchev–Trinajstić information content (AvgIpc) is 2.56. The molecule has 0 atom stereocenters. The summed E-state index contributed by atoms with van der Waals surface area (Å²) in [6.07, 6.45) is 0. The predicted molar refractivity (Wildman–Crippen MR) is 103 cm³/mol. The molecule has 0 aromatic heterocycles. The second-order valence-electron chi connectivity index (χ2n) is 5.32. The maximum Gasteiger partial charge on any atom is 0.269 e. The molecule has 0 unspecified atom stereocenters. The zero-order valence-electron chi connectivity index (χ0n) is 13.7. The Kier molecular flexibility index (Phi) is 6.16. The van der Waals surface area contributed by atoms with E-state index in [9.17, 15) is 35.4 Å². The lowest BCUT2D eigenvalue weighted by Crippen LogP contribution is -2.21. The Labute approximate surface area is 174 Å². The van der Waals surface area contributed by atoms with Crippen LogP contribution in [0.1, 0.15) is 0 Å². The number of anilines is 1. The van der Waals surface area contributed by atoms with Crippen molar-refractivity contribution in [3.05, 3.63) is 50.5 Å². The lowest BCUT2D eigenvalue weighted by Gasteiger charge is -2.16. The number of hydrogen-bond acceptors (Lipinski definition) is 8. The van der Waals surface area contributed by atoms with Crippen molar-refractivity contribution in [3.63, 3.8) is 0 Å². The van der Waals surface area contributed by atoms with Crippen molar-refractivity contribution in [1.82, 2.24) is 0 Å². The third-order valence-corrected chi connectivity index (χ3v) is 7.56. The fraction of sp³-hybridized carbons (Fsp3) is 0. The van der Waals surface area contributed by atoms with Gasteiger partial charge in [-0.15, -0.1) is 0 Å². The fourth-order valence-electron chi connectivity index (χ4n) is 2.05. The number of halogens is 2. The van der Waals surface area contributed by atoms with Crippen molar-refractivity contribution in [1.29, 1.82) is 0 Å². The van der Waals surface area contributed by atoms with Crippen LogP contribution in [0.3, 0.4) is 0 Å². The highest BCUT2D eigenvalue weighted by atomic mass is 35.5. The van der Waals surface area contributed by atoms with E-state index in [1.54, 1.807) is 0 Å². The van der Waals surface area contributed by atoms with E-state index in [0.29, 0.717) is 6.07 Å². The molecule has 12 nitrogen and oxygen atoms in total. The number of rotatable bonds is 6. The summed E-state index contributed by atoms with van der Waals surface area (Å²) >= 11 is 11.7. The van der Waals surface area contributed by atoms with E-state index in [-0.39, 0.29) is 0 Å². The molecule has 158 valence electrons. The smallest absolute Gasteiger partial charge is 0.269 e. The van der Waals surface area contributed by atoms with Crippen LogP contribution in [0.5, 0.6) is 0 Å². The lowest BCUT2D eigenvalue weighted by atomic mass is 10.3. The van der Waals surface area contributed by atoms with Gasteiger partial charge in [0.05, 0.1) is 25.6 Å². The number of sulfonamides is 3. The molecular formula is C12H10Cl2N4O8S3. The Bertz CT molecular complexity index is 1320. The van der Waals surface area contributed by atoms with E-state index in [1.807, 2.05) is 4.72 Å². The third kappa shape index (κ3) is 4.95. The summed E-state index contributed by atoms with van der Waals surface area (Å²) in [6.45, 7) is 0. The van der Waals surface area contributed by atoms with Gasteiger partial charge in [0, 0.05) is 12.1 Å². The Morgan fingerprint density at radius 1 is 0.862 bits per heavy atom. The van der Waals surface area contributed by atoms with Gasteiger partial charge < -0.3 is 0 Å². The van der Waals surface area contributed by atoms with Crippen LogP contribution in [0.15, 0.2) is 45.0 Å². The van der Waals surface area contributed by atoms with Crippen LogP contribution in [-0.2, 0) is 30.1 Å². The highest BCUT2D eigenvalue weighted by Crippen LogP contribution is 2.40. The maximum atomic E-state index is 12.5.